The van der Waals surface area contributed by atoms with Gasteiger partial charge in [0, 0.05) is 5.56 Å². The van der Waals surface area contributed by atoms with Crippen molar-refractivity contribution in [1.82, 2.24) is 10.9 Å². The van der Waals surface area contributed by atoms with Crippen molar-refractivity contribution in [3.8, 4) is 5.75 Å². The zero-order valence-electron chi connectivity index (χ0n) is 11.6. The summed E-state index contributed by atoms with van der Waals surface area (Å²) in [7, 11) is 0. The quantitative estimate of drug-likeness (QED) is 0.751. The van der Waals surface area contributed by atoms with Gasteiger partial charge in [0.15, 0.2) is 0 Å². The van der Waals surface area contributed by atoms with Gasteiger partial charge in [-0.1, -0.05) is 29.8 Å². The van der Waals surface area contributed by atoms with Crippen LogP contribution in [0.4, 0.5) is 0 Å². The number of hydrazine groups is 1. The van der Waals surface area contributed by atoms with Gasteiger partial charge in [0.1, 0.15) is 5.75 Å². The van der Waals surface area contributed by atoms with Crippen LogP contribution >= 0.6 is 0 Å². The lowest BCUT2D eigenvalue weighted by Gasteiger charge is -2.08. The number of nitrogens with one attached hydrogen (secondary N) is 2. The van der Waals surface area contributed by atoms with Gasteiger partial charge in [-0.15, -0.1) is 0 Å². The number of aryl methyl sites for hydroxylation is 1. The minimum atomic E-state index is -0.372. The molecule has 0 aliphatic rings. The van der Waals surface area contributed by atoms with E-state index >= 15 is 0 Å². The van der Waals surface area contributed by atoms with Crippen molar-refractivity contribution < 1.29 is 14.7 Å². The van der Waals surface area contributed by atoms with Crippen LogP contribution in [0.15, 0.2) is 48.5 Å². The van der Waals surface area contributed by atoms with Crippen molar-refractivity contribution >= 4 is 11.8 Å². The van der Waals surface area contributed by atoms with Gasteiger partial charge < -0.3 is 5.11 Å². The minimum absolute atomic E-state index is 0.0719. The van der Waals surface area contributed by atoms with Crippen LogP contribution in [0.25, 0.3) is 0 Å². The fourth-order valence-corrected chi connectivity index (χ4v) is 1.88. The molecule has 108 valence electrons. The Bertz CT molecular complexity index is 668. The zero-order valence-corrected chi connectivity index (χ0v) is 11.6. The second-order valence-corrected chi connectivity index (χ2v) is 4.72. The molecule has 2 aromatic rings. The van der Waals surface area contributed by atoms with Crippen LogP contribution in [0, 0.1) is 6.92 Å². The van der Waals surface area contributed by atoms with E-state index in [1.165, 1.54) is 12.1 Å². The lowest BCUT2D eigenvalue weighted by molar-refractivity contribution is -0.121. The van der Waals surface area contributed by atoms with Crippen LogP contribution in [0.3, 0.4) is 0 Å². The standard InChI is InChI=1S/C16H16N2O3/c1-11-4-2-6-13(8-11)16(21)18-17-15(20)10-12-5-3-7-14(19)9-12/h2-9,19H,10H2,1H3,(H,17,20)(H,18,21). The van der Waals surface area contributed by atoms with E-state index in [9.17, 15) is 14.7 Å². The number of hydrogen-bond donors (Lipinski definition) is 3. The first-order valence-electron chi connectivity index (χ1n) is 6.48. The van der Waals surface area contributed by atoms with Gasteiger partial charge in [0.05, 0.1) is 6.42 Å². The molecule has 3 N–H and O–H groups in total. The monoisotopic (exact) mass is 284 g/mol. The van der Waals surface area contributed by atoms with Crippen LogP contribution in [-0.2, 0) is 11.2 Å². The summed E-state index contributed by atoms with van der Waals surface area (Å²) in [5.74, 6) is -0.631. The van der Waals surface area contributed by atoms with E-state index < -0.39 is 0 Å². The van der Waals surface area contributed by atoms with Crippen molar-refractivity contribution in [2.24, 2.45) is 0 Å². The molecule has 0 saturated carbocycles. The third kappa shape index (κ3) is 4.35. The van der Waals surface area contributed by atoms with Crippen molar-refractivity contribution in [3.63, 3.8) is 0 Å². The minimum Gasteiger partial charge on any atom is -0.508 e. The van der Waals surface area contributed by atoms with Crippen LogP contribution in [0.1, 0.15) is 21.5 Å². The summed E-state index contributed by atoms with van der Waals surface area (Å²) in [5, 5.41) is 9.32. The highest BCUT2D eigenvalue weighted by Crippen LogP contribution is 2.11. The van der Waals surface area contributed by atoms with Gasteiger partial charge in [-0.3, -0.25) is 20.4 Å². The summed E-state index contributed by atoms with van der Waals surface area (Å²) in [4.78, 5) is 23.6. The molecule has 2 rings (SSSR count). The molecule has 0 aliphatic carbocycles. The second-order valence-electron chi connectivity index (χ2n) is 4.72. The van der Waals surface area contributed by atoms with Gasteiger partial charge in [0.25, 0.3) is 5.91 Å². The first-order chi connectivity index (χ1) is 10.0. The van der Waals surface area contributed by atoms with Crippen LogP contribution in [0.5, 0.6) is 5.75 Å². The lowest BCUT2D eigenvalue weighted by Crippen LogP contribution is -2.42. The second kappa shape index (κ2) is 6.56. The highest BCUT2D eigenvalue weighted by Gasteiger charge is 2.08. The van der Waals surface area contributed by atoms with E-state index in [4.69, 9.17) is 0 Å². The Morgan fingerprint density at radius 3 is 2.52 bits per heavy atom. The van der Waals surface area contributed by atoms with Gasteiger partial charge in [-0.25, -0.2) is 0 Å². The van der Waals surface area contributed by atoms with Gasteiger partial charge in [0.2, 0.25) is 5.91 Å². The Kier molecular flexibility index (Phi) is 4.56. The third-order valence-electron chi connectivity index (χ3n) is 2.87. The fourth-order valence-electron chi connectivity index (χ4n) is 1.88. The summed E-state index contributed by atoms with van der Waals surface area (Å²) in [5.41, 5.74) is 6.82. The molecule has 0 fully saturated rings. The van der Waals surface area contributed by atoms with Gasteiger partial charge in [-0.2, -0.15) is 0 Å². The average molecular weight is 284 g/mol. The first kappa shape index (κ1) is 14.6. The Morgan fingerprint density at radius 2 is 1.81 bits per heavy atom. The summed E-state index contributed by atoms with van der Waals surface area (Å²) in [6, 6.07) is 13.5. The summed E-state index contributed by atoms with van der Waals surface area (Å²) < 4.78 is 0. The number of amides is 2. The molecule has 0 aromatic heterocycles. The van der Waals surface area contributed by atoms with Crippen molar-refractivity contribution in [2.75, 3.05) is 0 Å². The van der Waals surface area contributed by atoms with E-state index in [0.29, 0.717) is 11.1 Å². The summed E-state index contributed by atoms with van der Waals surface area (Å²) in [6.07, 6.45) is 0.0719. The molecule has 0 radical (unpaired) electrons. The van der Waals surface area contributed by atoms with E-state index in [1.54, 1.807) is 30.3 Å². The maximum absolute atomic E-state index is 11.8. The number of benzene rings is 2. The van der Waals surface area contributed by atoms with E-state index in [2.05, 4.69) is 10.9 Å². The van der Waals surface area contributed by atoms with Crippen LogP contribution < -0.4 is 10.9 Å². The highest BCUT2D eigenvalue weighted by atomic mass is 16.3. The molecule has 5 heteroatoms. The number of rotatable bonds is 3. The molecule has 0 atom stereocenters. The number of aromatic hydroxyl groups is 1. The van der Waals surface area contributed by atoms with Crippen molar-refractivity contribution in [1.29, 1.82) is 0 Å². The maximum Gasteiger partial charge on any atom is 0.269 e. The largest absolute Gasteiger partial charge is 0.508 e. The fraction of sp³-hybridized carbons (Fsp3) is 0.125. The topological polar surface area (TPSA) is 78.4 Å². The molecule has 0 heterocycles. The van der Waals surface area contributed by atoms with Crippen LogP contribution in [-0.4, -0.2) is 16.9 Å². The molecular formula is C16H16N2O3. The van der Waals surface area contributed by atoms with E-state index in [0.717, 1.165) is 5.56 Å². The predicted molar refractivity (Wildman–Crippen MR) is 78.6 cm³/mol. The van der Waals surface area contributed by atoms with Crippen molar-refractivity contribution in [2.45, 2.75) is 13.3 Å². The molecule has 2 aromatic carbocycles. The van der Waals surface area contributed by atoms with E-state index in [-0.39, 0.29) is 24.0 Å². The summed E-state index contributed by atoms with van der Waals surface area (Å²) >= 11 is 0. The zero-order chi connectivity index (χ0) is 15.2. The smallest absolute Gasteiger partial charge is 0.269 e. The number of carbonyl (C=O) groups is 2. The van der Waals surface area contributed by atoms with Gasteiger partial charge >= 0.3 is 0 Å². The highest BCUT2D eigenvalue weighted by molar-refractivity contribution is 5.95. The molecule has 0 spiro atoms. The molecular weight excluding hydrogens is 268 g/mol. The number of hydrogen-bond acceptors (Lipinski definition) is 3. The predicted octanol–water partition coefficient (Wildman–Crippen LogP) is 1.70. The Labute approximate surface area is 122 Å². The lowest BCUT2D eigenvalue weighted by atomic mass is 10.1. The molecule has 0 bridgehead atoms. The SMILES string of the molecule is Cc1cccc(C(=O)NNC(=O)Cc2cccc(O)c2)c1. The Morgan fingerprint density at radius 1 is 1.05 bits per heavy atom. The molecule has 2 amide bonds. The Hall–Kier alpha value is -2.82. The molecule has 0 saturated heterocycles. The first-order valence-corrected chi connectivity index (χ1v) is 6.48. The van der Waals surface area contributed by atoms with Gasteiger partial charge in [-0.05, 0) is 36.8 Å². The molecule has 0 aliphatic heterocycles. The maximum atomic E-state index is 11.8. The molecule has 5 nitrogen and oxygen atoms in total. The van der Waals surface area contributed by atoms with E-state index in [1.807, 2.05) is 13.0 Å². The number of phenols is 1. The normalized spacial score (nSPS) is 9.95. The third-order valence-corrected chi connectivity index (χ3v) is 2.87. The van der Waals surface area contributed by atoms with Crippen LogP contribution in [0.2, 0.25) is 0 Å². The summed E-state index contributed by atoms with van der Waals surface area (Å²) in [6.45, 7) is 1.89. The number of carbonyl (C=O) groups excluding carboxylic acids is 2. The Balaban J connectivity index is 1.88. The molecule has 0 unspecified atom stereocenters. The molecule has 21 heavy (non-hydrogen) atoms. The number of phenolic OH excluding ortho intramolecular Hbond substituents is 1. The van der Waals surface area contributed by atoms with Crippen molar-refractivity contribution in [3.05, 3.63) is 65.2 Å². The average Bonchev–Trinajstić information content (AvgIpc) is 2.45.